The van der Waals surface area contributed by atoms with E-state index in [-0.39, 0.29) is 18.4 Å². The zero-order valence-corrected chi connectivity index (χ0v) is 15.2. The van der Waals surface area contributed by atoms with Crippen molar-refractivity contribution in [3.63, 3.8) is 0 Å². The van der Waals surface area contributed by atoms with Crippen molar-refractivity contribution in [2.24, 2.45) is 0 Å². The van der Waals surface area contributed by atoms with Crippen LogP contribution in [0.1, 0.15) is 33.4 Å². The van der Waals surface area contributed by atoms with Gasteiger partial charge in [0.15, 0.2) is 0 Å². The van der Waals surface area contributed by atoms with Gasteiger partial charge in [-0.3, -0.25) is 14.4 Å². The highest BCUT2D eigenvalue weighted by atomic mass is 35.5. The van der Waals surface area contributed by atoms with Crippen molar-refractivity contribution in [3.8, 4) is 0 Å². The summed E-state index contributed by atoms with van der Waals surface area (Å²) >= 11 is 7.39. The Labute approximate surface area is 154 Å². The number of thiophene rings is 1. The molecule has 0 radical (unpaired) electrons. The molecule has 8 heteroatoms. The summed E-state index contributed by atoms with van der Waals surface area (Å²) < 4.78 is 0. The summed E-state index contributed by atoms with van der Waals surface area (Å²) in [5, 5.41) is 10.00. The minimum atomic E-state index is -0.421. The first-order valence-electron chi connectivity index (χ1n) is 7.70. The van der Waals surface area contributed by atoms with E-state index in [1.54, 1.807) is 17.5 Å². The van der Waals surface area contributed by atoms with E-state index in [9.17, 15) is 14.4 Å². The van der Waals surface area contributed by atoms with E-state index in [4.69, 9.17) is 11.6 Å². The third kappa shape index (κ3) is 5.58. The third-order valence-corrected chi connectivity index (χ3v) is 4.40. The van der Waals surface area contributed by atoms with Crippen LogP contribution in [0.2, 0.25) is 5.02 Å². The summed E-state index contributed by atoms with van der Waals surface area (Å²) in [6.07, 6.45) is 0.824. The van der Waals surface area contributed by atoms with E-state index >= 15 is 0 Å². The lowest BCUT2D eigenvalue weighted by molar-refractivity contribution is -0.120. The lowest BCUT2D eigenvalue weighted by Crippen LogP contribution is -2.37. The average molecular weight is 380 g/mol. The van der Waals surface area contributed by atoms with E-state index in [1.165, 1.54) is 29.5 Å². The first-order chi connectivity index (χ1) is 12.0. The Balaban J connectivity index is 2.01. The normalized spacial score (nSPS) is 10.2. The molecule has 1 heterocycles. The average Bonchev–Trinajstić information content (AvgIpc) is 3.14. The van der Waals surface area contributed by atoms with Crippen LogP contribution in [0, 0.1) is 0 Å². The topological polar surface area (TPSA) is 87.3 Å². The summed E-state index contributed by atoms with van der Waals surface area (Å²) in [5.74, 6) is -0.973. The first kappa shape index (κ1) is 19.0. The Hall–Kier alpha value is -2.38. The number of carbonyl (C=O) groups is 3. The molecule has 0 saturated carbocycles. The van der Waals surface area contributed by atoms with Gasteiger partial charge in [-0.2, -0.15) is 0 Å². The van der Waals surface area contributed by atoms with Gasteiger partial charge in [0, 0.05) is 12.1 Å². The predicted molar refractivity (Wildman–Crippen MR) is 99.4 cm³/mol. The molecule has 1 aromatic heterocycles. The molecular formula is C17H18ClN3O3S. The summed E-state index contributed by atoms with van der Waals surface area (Å²) in [7, 11) is 0. The number of benzene rings is 1. The van der Waals surface area contributed by atoms with Crippen LogP contribution in [0.3, 0.4) is 0 Å². The molecule has 1 aromatic carbocycles. The number of nitrogens with one attached hydrogen (secondary N) is 3. The second-order valence-electron chi connectivity index (χ2n) is 5.16. The fraction of sp³-hybridized carbons (Fsp3) is 0.235. The van der Waals surface area contributed by atoms with Crippen LogP contribution in [0.15, 0.2) is 35.7 Å². The number of hydrogen-bond donors (Lipinski definition) is 3. The number of halogens is 1. The zero-order chi connectivity index (χ0) is 18.2. The highest BCUT2D eigenvalue weighted by Gasteiger charge is 2.13. The molecular weight excluding hydrogens is 362 g/mol. The van der Waals surface area contributed by atoms with Crippen molar-refractivity contribution in [2.75, 3.05) is 18.4 Å². The molecule has 132 valence electrons. The fourth-order valence-electron chi connectivity index (χ4n) is 1.94. The highest BCUT2D eigenvalue weighted by Crippen LogP contribution is 2.24. The van der Waals surface area contributed by atoms with Crippen molar-refractivity contribution < 1.29 is 14.4 Å². The van der Waals surface area contributed by atoms with Gasteiger partial charge in [0.05, 0.1) is 22.1 Å². The van der Waals surface area contributed by atoms with Crippen molar-refractivity contribution in [2.45, 2.75) is 13.3 Å². The van der Waals surface area contributed by atoms with Gasteiger partial charge < -0.3 is 16.0 Å². The van der Waals surface area contributed by atoms with E-state index in [0.717, 1.165) is 6.42 Å². The van der Waals surface area contributed by atoms with Crippen molar-refractivity contribution in [1.29, 1.82) is 0 Å². The van der Waals surface area contributed by atoms with E-state index in [2.05, 4.69) is 16.0 Å². The standard InChI is InChI=1S/C17H18ClN3O3S/c1-2-7-19-15(22)10-20-16(23)11-5-6-12(18)13(9-11)21-17(24)14-4-3-8-25-14/h3-6,8-9H,2,7,10H2,1H3,(H,19,22)(H,20,23)(H,21,24). The van der Waals surface area contributed by atoms with Crippen LogP contribution in [-0.4, -0.2) is 30.8 Å². The highest BCUT2D eigenvalue weighted by molar-refractivity contribution is 7.12. The maximum Gasteiger partial charge on any atom is 0.265 e. The van der Waals surface area contributed by atoms with Crippen LogP contribution in [0.25, 0.3) is 0 Å². The Morgan fingerprint density at radius 1 is 1.12 bits per heavy atom. The van der Waals surface area contributed by atoms with Gasteiger partial charge in [0.2, 0.25) is 5.91 Å². The van der Waals surface area contributed by atoms with Crippen LogP contribution in [0.4, 0.5) is 5.69 Å². The van der Waals surface area contributed by atoms with Gasteiger partial charge in [0.1, 0.15) is 0 Å². The Morgan fingerprint density at radius 2 is 1.92 bits per heavy atom. The summed E-state index contributed by atoms with van der Waals surface area (Å²) in [4.78, 5) is 36.3. The molecule has 0 aliphatic heterocycles. The molecule has 6 nitrogen and oxygen atoms in total. The largest absolute Gasteiger partial charge is 0.355 e. The van der Waals surface area contributed by atoms with Crippen molar-refractivity contribution in [1.82, 2.24) is 10.6 Å². The summed E-state index contributed by atoms with van der Waals surface area (Å²) in [5.41, 5.74) is 0.636. The molecule has 0 bridgehead atoms. The van der Waals surface area contributed by atoms with E-state index < -0.39 is 5.91 Å². The minimum absolute atomic E-state index is 0.113. The fourth-order valence-corrected chi connectivity index (χ4v) is 2.73. The number of carbonyl (C=O) groups excluding carboxylic acids is 3. The Morgan fingerprint density at radius 3 is 2.60 bits per heavy atom. The lowest BCUT2D eigenvalue weighted by atomic mass is 10.2. The molecule has 0 atom stereocenters. The molecule has 0 saturated heterocycles. The van der Waals surface area contributed by atoms with Gasteiger partial charge in [-0.25, -0.2) is 0 Å². The quantitative estimate of drug-likeness (QED) is 0.691. The van der Waals surface area contributed by atoms with Gasteiger partial charge in [0.25, 0.3) is 11.8 Å². The lowest BCUT2D eigenvalue weighted by Gasteiger charge is -2.10. The molecule has 0 aliphatic rings. The van der Waals surface area contributed by atoms with Gasteiger partial charge in [-0.1, -0.05) is 24.6 Å². The molecule has 0 unspecified atom stereocenters. The molecule has 0 spiro atoms. The zero-order valence-electron chi connectivity index (χ0n) is 13.6. The molecule has 2 rings (SSSR count). The number of anilines is 1. The molecule has 0 fully saturated rings. The van der Waals surface area contributed by atoms with Crippen molar-refractivity contribution in [3.05, 3.63) is 51.2 Å². The first-order valence-corrected chi connectivity index (χ1v) is 8.96. The maximum atomic E-state index is 12.2. The molecule has 2 aromatic rings. The number of rotatable bonds is 7. The van der Waals surface area contributed by atoms with Gasteiger partial charge >= 0.3 is 0 Å². The second kappa shape index (κ2) is 9.19. The Kier molecular flexibility index (Phi) is 6.97. The Bertz CT molecular complexity index is 763. The summed E-state index contributed by atoms with van der Waals surface area (Å²) in [6, 6.07) is 8.00. The third-order valence-electron chi connectivity index (χ3n) is 3.20. The molecule has 25 heavy (non-hydrogen) atoms. The second-order valence-corrected chi connectivity index (χ2v) is 6.51. The molecule has 0 aliphatic carbocycles. The van der Waals surface area contributed by atoms with Crippen LogP contribution >= 0.6 is 22.9 Å². The smallest absolute Gasteiger partial charge is 0.265 e. The van der Waals surface area contributed by atoms with Crippen molar-refractivity contribution >= 4 is 46.3 Å². The van der Waals surface area contributed by atoms with E-state index in [0.29, 0.717) is 27.7 Å². The van der Waals surface area contributed by atoms with Gasteiger partial charge in [-0.05, 0) is 36.1 Å². The monoisotopic (exact) mass is 379 g/mol. The number of hydrogen-bond acceptors (Lipinski definition) is 4. The maximum absolute atomic E-state index is 12.2. The minimum Gasteiger partial charge on any atom is -0.355 e. The number of amides is 3. The van der Waals surface area contributed by atoms with Crippen LogP contribution in [-0.2, 0) is 4.79 Å². The van der Waals surface area contributed by atoms with Crippen LogP contribution < -0.4 is 16.0 Å². The molecule has 3 N–H and O–H groups in total. The van der Waals surface area contributed by atoms with E-state index in [1.807, 2.05) is 6.92 Å². The SMILES string of the molecule is CCCNC(=O)CNC(=O)c1ccc(Cl)c(NC(=O)c2cccs2)c1. The predicted octanol–water partition coefficient (Wildman–Crippen LogP) is 2.91. The molecule has 3 amide bonds. The summed E-state index contributed by atoms with van der Waals surface area (Å²) in [6.45, 7) is 2.39. The van der Waals surface area contributed by atoms with Crippen LogP contribution in [0.5, 0.6) is 0 Å². The van der Waals surface area contributed by atoms with Gasteiger partial charge in [-0.15, -0.1) is 11.3 Å².